The molecule has 20 heavy (non-hydrogen) atoms. The number of hydrogen-bond acceptors (Lipinski definition) is 3. The van der Waals surface area contributed by atoms with Gasteiger partial charge in [0, 0.05) is 23.2 Å². The number of rotatable bonds is 4. The smallest absolute Gasteiger partial charge is 0.272 e. The van der Waals surface area contributed by atoms with Crippen molar-refractivity contribution in [3.8, 4) is 0 Å². The van der Waals surface area contributed by atoms with E-state index in [2.05, 4.69) is 15.5 Å². The van der Waals surface area contributed by atoms with Crippen LogP contribution in [0.15, 0.2) is 0 Å². The first-order chi connectivity index (χ1) is 9.64. The van der Waals surface area contributed by atoms with Gasteiger partial charge in [-0.2, -0.15) is 5.10 Å². The number of aromatic amines is 1. The van der Waals surface area contributed by atoms with Gasteiger partial charge < -0.3 is 10.4 Å². The number of hydrogen-bond donors (Lipinski definition) is 3. The fourth-order valence-corrected chi connectivity index (χ4v) is 3.84. The Kier molecular flexibility index (Phi) is 2.52. The lowest BCUT2D eigenvalue weighted by Crippen LogP contribution is -2.50. The average Bonchev–Trinajstić information content (AvgIpc) is 2.87. The number of nitrogens with one attached hydrogen (secondary N) is 2. The van der Waals surface area contributed by atoms with Crippen molar-refractivity contribution >= 4 is 5.91 Å². The molecule has 0 atom stereocenters. The fraction of sp³-hybridized carbons (Fsp3) is 0.733. The van der Waals surface area contributed by atoms with Crippen molar-refractivity contribution in [3.63, 3.8) is 0 Å². The van der Waals surface area contributed by atoms with Gasteiger partial charge in [-0.1, -0.05) is 0 Å². The van der Waals surface area contributed by atoms with Crippen molar-refractivity contribution in [2.45, 2.75) is 57.0 Å². The standard InChI is InChI=1S/C15H21N3O2/c19-13(12-10-3-1-4-11(10)17-18-12)16-9-14(7-8-14)15(20)5-2-6-15/h20H,1-9H2,(H,16,19)(H,17,18). The van der Waals surface area contributed by atoms with E-state index < -0.39 is 5.60 Å². The van der Waals surface area contributed by atoms with Gasteiger partial charge in [0.15, 0.2) is 5.69 Å². The topological polar surface area (TPSA) is 78.0 Å². The number of aryl methyl sites for hydroxylation is 1. The maximum Gasteiger partial charge on any atom is 0.272 e. The number of fused-ring (bicyclic) bond motifs is 1. The van der Waals surface area contributed by atoms with Gasteiger partial charge in [-0.25, -0.2) is 0 Å². The molecule has 3 aliphatic rings. The van der Waals surface area contributed by atoms with Crippen molar-refractivity contribution < 1.29 is 9.90 Å². The van der Waals surface area contributed by atoms with Crippen LogP contribution >= 0.6 is 0 Å². The van der Waals surface area contributed by atoms with Gasteiger partial charge in [-0.15, -0.1) is 0 Å². The Bertz CT molecular complexity index is 555. The van der Waals surface area contributed by atoms with Gasteiger partial charge >= 0.3 is 0 Å². The Morgan fingerprint density at radius 3 is 2.70 bits per heavy atom. The quantitative estimate of drug-likeness (QED) is 0.775. The summed E-state index contributed by atoms with van der Waals surface area (Å²) in [4.78, 5) is 12.3. The number of H-pyrrole nitrogens is 1. The molecule has 0 unspecified atom stereocenters. The third kappa shape index (κ3) is 1.65. The predicted octanol–water partition coefficient (Wildman–Crippen LogP) is 1.32. The summed E-state index contributed by atoms with van der Waals surface area (Å²) in [5.41, 5.74) is 2.20. The fourth-order valence-electron chi connectivity index (χ4n) is 3.84. The molecule has 1 heterocycles. The highest BCUT2D eigenvalue weighted by molar-refractivity contribution is 5.94. The van der Waals surface area contributed by atoms with Crippen LogP contribution < -0.4 is 5.32 Å². The van der Waals surface area contributed by atoms with E-state index in [-0.39, 0.29) is 11.3 Å². The molecule has 1 aromatic rings. The number of aliphatic hydroxyl groups is 1. The highest BCUT2D eigenvalue weighted by Crippen LogP contribution is 2.60. The van der Waals surface area contributed by atoms with E-state index >= 15 is 0 Å². The molecule has 108 valence electrons. The molecular formula is C15H21N3O2. The normalized spacial score (nSPS) is 24.9. The molecule has 0 aromatic carbocycles. The van der Waals surface area contributed by atoms with Gasteiger partial charge in [0.1, 0.15) is 0 Å². The zero-order valence-corrected chi connectivity index (χ0v) is 11.7. The third-order valence-corrected chi connectivity index (χ3v) is 5.63. The molecule has 0 saturated heterocycles. The summed E-state index contributed by atoms with van der Waals surface area (Å²) in [6, 6.07) is 0. The van der Waals surface area contributed by atoms with Crippen molar-refractivity contribution in [2.24, 2.45) is 5.41 Å². The Morgan fingerprint density at radius 1 is 1.25 bits per heavy atom. The number of nitrogens with zero attached hydrogens (tertiary/aromatic N) is 1. The van der Waals surface area contributed by atoms with E-state index in [1.165, 1.54) is 0 Å². The van der Waals surface area contributed by atoms with Gasteiger partial charge in [-0.05, 0) is 51.4 Å². The summed E-state index contributed by atoms with van der Waals surface area (Å²) in [5, 5.41) is 20.7. The Balaban J connectivity index is 1.43. The second-order valence-corrected chi connectivity index (χ2v) is 6.73. The van der Waals surface area contributed by atoms with Crippen LogP contribution in [0.4, 0.5) is 0 Å². The minimum atomic E-state index is -0.520. The molecular weight excluding hydrogens is 254 g/mol. The van der Waals surface area contributed by atoms with Crippen molar-refractivity contribution in [1.29, 1.82) is 0 Å². The minimum Gasteiger partial charge on any atom is -0.389 e. The van der Waals surface area contributed by atoms with E-state index in [0.29, 0.717) is 12.2 Å². The first-order valence-corrected chi connectivity index (χ1v) is 7.70. The molecule has 1 amide bonds. The van der Waals surface area contributed by atoms with Crippen LogP contribution in [0.2, 0.25) is 0 Å². The summed E-state index contributed by atoms with van der Waals surface area (Å²) < 4.78 is 0. The lowest BCUT2D eigenvalue weighted by Gasteiger charge is -2.44. The Morgan fingerprint density at radius 2 is 2.05 bits per heavy atom. The zero-order valence-electron chi connectivity index (χ0n) is 11.7. The minimum absolute atomic E-state index is 0.0552. The second kappa shape index (κ2) is 4.07. The molecule has 3 aliphatic carbocycles. The third-order valence-electron chi connectivity index (χ3n) is 5.63. The summed E-state index contributed by atoms with van der Waals surface area (Å²) in [5.74, 6) is -0.0846. The number of amides is 1. The molecule has 0 radical (unpaired) electrons. The number of carbonyl (C=O) groups is 1. The van der Waals surface area contributed by atoms with Crippen LogP contribution in [0.25, 0.3) is 0 Å². The first kappa shape index (κ1) is 12.4. The maximum absolute atomic E-state index is 12.3. The van der Waals surface area contributed by atoms with Gasteiger partial charge in [-0.3, -0.25) is 9.89 Å². The summed E-state index contributed by atoms with van der Waals surface area (Å²) >= 11 is 0. The zero-order chi connectivity index (χ0) is 13.8. The molecule has 0 spiro atoms. The molecule has 5 nitrogen and oxygen atoms in total. The number of aromatic nitrogens is 2. The lowest BCUT2D eigenvalue weighted by atomic mass is 9.69. The summed E-state index contributed by atoms with van der Waals surface area (Å²) in [6.07, 6.45) is 8.00. The van der Waals surface area contributed by atoms with Crippen LogP contribution in [0, 0.1) is 5.41 Å². The molecule has 4 rings (SSSR count). The van der Waals surface area contributed by atoms with E-state index in [9.17, 15) is 9.90 Å². The van der Waals surface area contributed by atoms with Crippen LogP contribution in [0.3, 0.4) is 0 Å². The van der Waals surface area contributed by atoms with Crippen LogP contribution in [-0.2, 0) is 12.8 Å². The molecule has 5 heteroatoms. The van der Waals surface area contributed by atoms with E-state index in [1.807, 2.05) is 0 Å². The maximum atomic E-state index is 12.3. The SMILES string of the molecule is O=C(NCC1(C2(O)CCC2)CC1)c1n[nH]c2c1CCC2. The molecule has 0 aliphatic heterocycles. The molecule has 3 N–H and O–H groups in total. The van der Waals surface area contributed by atoms with Crippen LogP contribution in [0.1, 0.15) is 60.3 Å². The highest BCUT2D eigenvalue weighted by atomic mass is 16.3. The summed E-state index contributed by atoms with van der Waals surface area (Å²) in [6.45, 7) is 0.587. The molecule has 1 aromatic heterocycles. The molecule has 0 bridgehead atoms. The van der Waals surface area contributed by atoms with Crippen molar-refractivity contribution in [2.75, 3.05) is 6.54 Å². The number of carbonyl (C=O) groups excluding carboxylic acids is 1. The average molecular weight is 275 g/mol. The first-order valence-electron chi connectivity index (χ1n) is 7.70. The summed E-state index contributed by atoms with van der Waals surface area (Å²) in [7, 11) is 0. The van der Waals surface area contributed by atoms with E-state index in [4.69, 9.17) is 0 Å². The van der Waals surface area contributed by atoms with Gasteiger partial charge in [0.05, 0.1) is 5.60 Å². The van der Waals surface area contributed by atoms with E-state index in [1.54, 1.807) is 0 Å². The predicted molar refractivity (Wildman–Crippen MR) is 73.4 cm³/mol. The monoisotopic (exact) mass is 275 g/mol. The van der Waals surface area contributed by atoms with Gasteiger partial charge in [0.25, 0.3) is 5.91 Å². The molecule has 2 saturated carbocycles. The van der Waals surface area contributed by atoms with E-state index in [0.717, 1.165) is 62.6 Å². The van der Waals surface area contributed by atoms with Crippen molar-refractivity contribution in [1.82, 2.24) is 15.5 Å². The Hall–Kier alpha value is -1.36. The van der Waals surface area contributed by atoms with Crippen molar-refractivity contribution in [3.05, 3.63) is 17.0 Å². The van der Waals surface area contributed by atoms with Crippen LogP contribution in [0.5, 0.6) is 0 Å². The van der Waals surface area contributed by atoms with Gasteiger partial charge in [0.2, 0.25) is 0 Å². The second-order valence-electron chi connectivity index (χ2n) is 6.73. The molecule has 2 fully saturated rings. The lowest BCUT2D eigenvalue weighted by molar-refractivity contribution is -0.0948. The highest BCUT2D eigenvalue weighted by Gasteiger charge is 2.60. The van der Waals surface area contributed by atoms with Crippen LogP contribution in [-0.4, -0.2) is 33.4 Å². The Labute approximate surface area is 118 Å². The largest absolute Gasteiger partial charge is 0.389 e.